The van der Waals surface area contributed by atoms with Crippen LogP contribution in [0.15, 0.2) is 18.2 Å². The fraction of sp³-hybridized carbons (Fsp3) is 0.417. The molecule has 1 aromatic rings. The summed E-state index contributed by atoms with van der Waals surface area (Å²) in [5.41, 5.74) is 8.39. The number of aryl methyl sites for hydroxylation is 1. The summed E-state index contributed by atoms with van der Waals surface area (Å²) >= 11 is 5.00. The molecule has 2 N–H and O–H groups in total. The summed E-state index contributed by atoms with van der Waals surface area (Å²) in [6.07, 6.45) is 1.23. The van der Waals surface area contributed by atoms with Crippen LogP contribution >= 0.6 is 12.2 Å². The summed E-state index contributed by atoms with van der Waals surface area (Å²) in [6.45, 7) is 2.38. The van der Waals surface area contributed by atoms with Crippen LogP contribution in [0.4, 0.5) is 5.69 Å². The summed E-state index contributed by atoms with van der Waals surface area (Å²) in [5, 5.41) is 0. The number of benzene rings is 1. The number of thiocarbonyl (C=S) groups is 1. The zero-order valence-corrected chi connectivity index (χ0v) is 12.4. The molecule has 0 aliphatic heterocycles. The molecule has 100 valence electrons. The van der Waals surface area contributed by atoms with Crippen molar-refractivity contribution in [2.75, 3.05) is 30.5 Å². The second kappa shape index (κ2) is 5.67. The minimum atomic E-state index is -2.98. The highest BCUT2D eigenvalue weighted by atomic mass is 32.2. The maximum atomic E-state index is 11.2. The van der Waals surface area contributed by atoms with Crippen molar-refractivity contribution in [1.82, 2.24) is 0 Å². The highest BCUT2D eigenvalue weighted by Crippen LogP contribution is 2.21. The zero-order chi connectivity index (χ0) is 13.9. The van der Waals surface area contributed by atoms with Gasteiger partial charge in [0.15, 0.2) is 0 Å². The van der Waals surface area contributed by atoms with Crippen molar-refractivity contribution in [3.05, 3.63) is 29.3 Å². The van der Waals surface area contributed by atoms with Gasteiger partial charge in [0, 0.05) is 31.1 Å². The molecule has 0 spiro atoms. The van der Waals surface area contributed by atoms with Gasteiger partial charge in [-0.3, -0.25) is 0 Å². The van der Waals surface area contributed by atoms with Crippen LogP contribution < -0.4 is 10.6 Å². The van der Waals surface area contributed by atoms with Crippen LogP contribution in [0.5, 0.6) is 0 Å². The number of hydrogen-bond acceptors (Lipinski definition) is 4. The van der Waals surface area contributed by atoms with E-state index < -0.39 is 9.84 Å². The lowest BCUT2D eigenvalue weighted by molar-refractivity contribution is 0.601. The summed E-state index contributed by atoms with van der Waals surface area (Å²) in [4.78, 5) is 2.18. The first-order valence-electron chi connectivity index (χ1n) is 5.50. The molecule has 4 nitrogen and oxygen atoms in total. The van der Waals surface area contributed by atoms with Gasteiger partial charge in [0.1, 0.15) is 14.8 Å². The minimum absolute atomic E-state index is 0.105. The number of anilines is 1. The lowest BCUT2D eigenvalue weighted by atomic mass is 10.1. The van der Waals surface area contributed by atoms with Crippen molar-refractivity contribution < 1.29 is 8.42 Å². The van der Waals surface area contributed by atoms with Crippen molar-refractivity contribution in [2.45, 2.75) is 6.92 Å². The Balaban J connectivity index is 3.00. The number of rotatable bonds is 5. The highest BCUT2D eigenvalue weighted by Gasteiger charge is 2.12. The van der Waals surface area contributed by atoms with Crippen molar-refractivity contribution >= 4 is 32.7 Å². The number of nitrogens with zero attached hydrogens (tertiary/aromatic N) is 1. The Morgan fingerprint density at radius 2 is 2.06 bits per heavy atom. The number of nitrogens with two attached hydrogens (primary N) is 1. The van der Waals surface area contributed by atoms with Crippen LogP contribution in [0.3, 0.4) is 0 Å². The molecule has 1 rings (SSSR count). The molecular formula is C12H18N2O2S2. The van der Waals surface area contributed by atoms with E-state index >= 15 is 0 Å². The van der Waals surface area contributed by atoms with E-state index in [0.29, 0.717) is 11.5 Å². The second-order valence-corrected chi connectivity index (χ2v) is 7.14. The highest BCUT2D eigenvalue weighted by molar-refractivity contribution is 7.90. The number of sulfone groups is 1. The van der Waals surface area contributed by atoms with Gasteiger partial charge >= 0.3 is 0 Å². The van der Waals surface area contributed by atoms with Gasteiger partial charge in [-0.2, -0.15) is 0 Å². The van der Waals surface area contributed by atoms with Crippen molar-refractivity contribution in [3.8, 4) is 0 Å². The van der Waals surface area contributed by atoms with E-state index in [1.165, 1.54) is 6.26 Å². The molecule has 0 amide bonds. The smallest absolute Gasteiger partial charge is 0.149 e. The Morgan fingerprint density at radius 1 is 1.44 bits per heavy atom. The fourth-order valence-corrected chi connectivity index (χ4v) is 2.37. The molecule has 0 aliphatic rings. The van der Waals surface area contributed by atoms with Gasteiger partial charge in [0.05, 0.1) is 5.75 Å². The molecule has 0 atom stereocenters. The molecule has 0 heterocycles. The van der Waals surface area contributed by atoms with E-state index in [0.717, 1.165) is 16.8 Å². The molecule has 0 fully saturated rings. The normalized spacial score (nSPS) is 11.3. The molecule has 6 heteroatoms. The van der Waals surface area contributed by atoms with Gasteiger partial charge in [0.25, 0.3) is 0 Å². The average molecular weight is 286 g/mol. The summed E-state index contributed by atoms with van der Waals surface area (Å²) < 4.78 is 22.4. The maximum absolute atomic E-state index is 11.2. The van der Waals surface area contributed by atoms with Crippen LogP contribution in [0.2, 0.25) is 0 Å². The standard InChI is InChI=1S/C12H18N2O2S2/c1-9-4-5-10(12(13)17)11(8-9)14(2)6-7-18(3,15)16/h4-5,8H,6-7H2,1-3H3,(H2,13,17). The first-order valence-corrected chi connectivity index (χ1v) is 7.97. The lowest BCUT2D eigenvalue weighted by Crippen LogP contribution is -2.27. The Kier molecular flexibility index (Phi) is 4.70. The van der Waals surface area contributed by atoms with E-state index in [-0.39, 0.29) is 5.75 Å². The SMILES string of the molecule is Cc1ccc(C(N)=S)c(N(C)CCS(C)(=O)=O)c1. The van der Waals surface area contributed by atoms with Crippen LogP contribution in [0.25, 0.3) is 0 Å². The maximum Gasteiger partial charge on any atom is 0.149 e. The fourth-order valence-electron chi connectivity index (χ4n) is 1.59. The molecule has 0 unspecified atom stereocenters. The third kappa shape index (κ3) is 4.27. The van der Waals surface area contributed by atoms with E-state index in [1.807, 2.05) is 37.1 Å². The molecule has 0 saturated carbocycles. The van der Waals surface area contributed by atoms with Crippen molar-refractivity contribution in [3.63, 3.8) is 0 Å². The van der Waals surface area contributed by atoms with Gasteiger partial charge in [-0.15, -0.1) is 0 Å². The molecule has 1 aromatic carbocycles. The van der Waals surface area contributed by atoms with Gasteiger partial charge in [-0.05, 0) is 24.6 Å². The Labute approximate surface area is 114 Å². The zero-order valence-electron chi connectivity index (χ0n) is 10.8. The molecule has 0 aliphatic carbocycles. The largest absolute Gasteiger partial charge is 0.389 e. The summed E-state index contributed by atoms with van der Waals surface area (Å²) in [6, 6.07) is 5.75. The van der Waals surface area contributed by atoms with Gasteiger partial charge < -0.3 is 10.6 Å². The van der Waals surface area contributed by atoms with Gasteiger partial charge in [-0.1, -0.05) is 18.3 Å². The van der Waals surface area contributed by atoms with E-state index in [1.54, 1.807) is 0 Å². The average Bonchev–Trinajstić information content (AvgIpc) is 2.24. The van der Waals surface area contributed by atoms with Crippen LogP contribution in [-0.4, -0.2) is 39.0 Å². The van der Waals surface area contributed by atoms with Crippen LogP contribution in [0.1, 0.15) is 11.1 Å². The van der Waals surface area contributed by atoms with Crippen molar-refractivity contribution in [1.29, 1.82) is 0 Å². The lowest BCUT2D eigenvalue weighted by Gasteiger charge is -2.22. The molecular weight excluding hydrogens is 268 g/mol. The third-order valence-corrected chi connectivity index (χ3v) is 3.77. The first-order chi connectivity index (χ1) is 8.20. The van der Waals surface area contributed by atoms with Crippen molar-refractivity contribution in [2.24, 2.45) is 5.73 Å². The Morgan fingerprint density at radius 3 is 2.56 bits per heavy atom. The predicted molar refractivity (Wildman–Crippen MR) is 80.0 cm³/mol. The minimum Gasteiger partial charge on any atom is -0.389 e. The number of hydrogen-bond donors (Lipinski definition) is 1. The predicted octanol–water partition coefficient (Wildman–Crippen LogP) is 1.11. The molecule has 0 saturated heterocycles. The quantitative estimate of drug-likeness (QED) is 0.822. The van der Waals surface area contributed by atoms with Crippen LogP contribution in [0, 0.1) is 6.92 Å². The summed E-state index contributed by atoms with van der Waals surface area (Å²) in [7, 11) is -1.14. The third-order valence-electron chi connectivity index (χ3n) is 2.63. The topological polar surface area (TPSA) is 63.4 Å². The molecule has 18 heavy (non-hydrogen) atoms. The second-order valence-electron chi connectivity index (χ2n) is 4.44. The monoisotopic (exact) mass is 286 g/mol. The van der Waals surface area contributed by atoms with E-state index in [2.05, 4.69) is 0 Å². The molecule has 0 aromatic heterocycles. The molecule has 0 bridgehead atoms. The molecule has 0 radical (unpaired) electrons. The first kappa shape index (κ1) is 14.9. The van der Waals surface area contributed by atoms with Gasteiger partial charge in [-0.25, -0.2) is 8.42 Å². The Bertz CT molecular complexity index is 553. The van der Waals surface area contributed by atoms with E-state index in [4.69, 9.17) is 18.0 Å². The Hall–Kier alpha value is -1.14. The van der Waals surface area contributed by atoms with Crippen LogP contribution in [-0.2, 0) is 9.84 Å². The van der Waals surface area contributed by atoms with E-state index in [9.17, 15) is 8.42 Å². The summed E-state index contributed by atoms with van der Waals surface area (Å²) in [5.74, 6) is 0.105. The van der Waals surface area contributed by atoms with Gasteiger partial charge in [0.2, 0.25) is 0 Å².